The average Bonchev–Trinajstić information content (AvgIpc) is 3.19. The summed E-state index contributed by atoms with van der Waals surface area (Å²) in [6.07, 6.45) is -11.6. The first-order valence-electron chi connectivity index (χ1n) is 12.7. The average molecular weight is 602 g/mol. The third-order valence-electron chi connectivity index (χ3n) is 6.19. The lowest BCUT2D eigenvalue weighted by atomic mass is 9.89. The van der Waals surface area contributed by atoms with Crippen molar-refractivity contribution in [3.05, 3.63) is 82.4 Å². The molecule has 2 aromatic carbocycles. The molecule has 0 spiro atoms. The van der Waals surface area contributed by atoms with Gasteiger partial charge in [-0.05, 0) is 70.0 Å². The second-order valence-electron chi connectivity index (χ2n) is 10.5. The number of amides is 2. The van der Waals surface area contributed by atoms with E-state index in [9.17, 15) is 40.7 Å². The number of esters is 1. The van der Waals surface area contributed by atoms with Crippen molar-refractivity contribution < 1.29 is 54.9 Å². The topological polar surface area (TPSA) is 82.1 Å². The third-order valence-corrected chi connectivity index (χ3v) is 6.19. The summed E-state index contributed by atoms with van der Waals surface area (Å²) in [5.74, 6) is -2.13. The Bertz CT molecular complexity index is 1330. The largest absolute Gasteiger partial charge is 0.462 e. The van der Waals surface area contributed by atoms with Crippen molar-refractivity contribution in [3.63, 3.8) is 0 Å². The third kappa shape index (κ3) is 7.12. The zero-order chi connectivity index (χ0) is 31.7. The molecular formula is C29H29F6NO6. The number of hydrogen-bond acceptors (Lipinski definition) is 6. The predicted molar refractivity (Wildman–Crippen MR) is 137 cm³/mol. The van der Waals surface area contributed by atoms with Gasteiger partial charge in [-0.3, -0.25) is 4.79 Å². The highest BCUT2D eigenvalue weighted by Crippen LogP contribution is 2.42. The smallest absolute Gasteiger partial charge is 0.418 e. The Hall–Kier alpha value is -3.87. The maximum absolute atomic E-state index is 13.5. The Balaban J connectivity index is 2.14. The molecular weight excluding hydrogens is 572 g/mol. The van der Waals surface area contributed by atoms with Gasteiger partial charge in [0.15, 0.2) is 0 Å². The number of halogens is 6. The number of alkyl halides is 6. The molecule has 3 rings (SSSR count). The van der Waals surface area contributed by atoms with Crippen molar-refractivity contribution in [1.82, 2.24) is 4.90 Å². The van der Waals surface area contributed by atoms with Crippen LogP contribution in [0.1, 0.15) is 63.0 Å². The molecule has 1 aliphatic rings. The molecule has 0 saturated carbocycles. The number of hydrogen-bond donors (Lipinski definition) is 0. The quantitative estimate of drug-likeness (QED) is 0.194. The van der Waals surface area contributed by atoms with Gasteiger partial charge in [0.2, 0.25) is 0 Å². The second kappa shape index (κ2) is 11.8. The molecule has 228 valence electrons. The molecule has 2 amide bonds. The Labute approximate surface area is 238 Å². The molecule has 2 aromatic rings. The maximum Gasteiger partial charge on any atom is 0.418 e. The first kappa shape index (κ1) is 32.6. The van der Waals surface area contributed by atoms with Gasteiger partial charge < -0.3 is 14.2 Å². The summed E-state index contributed by atoms with van der Waals surface area (Å²) in [7, 11) is 0. The SMILES string of the molecule is CCOC(=O)C1=C[C@@](CO[C@H](C)c2cc(C(F)(F)F)cc(C(F)(F)F)c2)(c2ccccc2)N(C(=O)OC(C)(C)C)C1=O. The number of carbonyl (C=O) groups excluding carboxylic acids is 3. The van der Waals surface area contributed by atoms with E-state index < -0.39 is 76.4 Å². The van der Waals surface area contributed by atoms with Crippen molar-refractivity contribution in [1.29, 1.82) is 0 Å². The van der Waals surface area contributed by atoms with Gasteiger partial charge in [-0.25, -0.2) is 14.5 Å². The van der Waals surface area contributed by atoms with E-state index in [0.29, 0.717) is 17.0 Å². The van der Waals surface area contributed by atoms with Crippen LogP contribution in [0.3, 0.4) is 0 Å². The van der Waals surface area contributed by atoms with Crippen LogP contribution in [0.5, 0.6) is 0 Å². The molecule has 13 heteroatoms. The van der Waals surface area contributed by atoms with Crippen LogP contribution in [-0.2, 0) is 41.7 Å². The van der Waals surface area contributed by atoms with Gasteiger partial charge in [0.1, 0.15) is 16.7 Å². The van der Waals surface area contributed by atoms with E-state index in [2.05, 4.69) is 0 Å². The van der Waals surface area contributed by atoms with Gasteiger partial charge in [-0.1, -0.05) is 30.3 Å². The number of rotatable bonds is 7. The lowest BCUT2D eigenvalue weighted by molar-refractivity contribution is -0.144. The molecule has 0 bridgehead atoms. The fourth-order valence-electron chi connectivity index (χ4n) is 4.27. The van der Waals surface area contributed by atoms with E-state index >= 15 is 0 Å². The summed E-state index contributed by atoms with van der Waals surface area (Å²) in [5, 5.41) is 0. The number of imide groups is 1. The molecule has 7 nitrogen and oxygen atoms in total. The lowest BCUT2D eigenvalue weighted by Gasteiger charge is -2.38. The van der Waals surface area contributed by atoms with Crippen LogP contribution in [-0.4, -0.2) is 41.7 Å². The number of benzene rings is 2. The molecule has 0 aliphatic carbocycles. The van der Waals surface area contributed by atoms with Gasteiger partial charge in [-0.2, -0.15) is 26.3 Å². The van der Waals surface area contributed by atoms with Gasteiger partial charge in [0.25, 0.3) is 5.91 Å². The highest BCUT2D eigenvalue weighted by molar-refractivity contribution is 6.22. The van der Waals surface area contributed by atoms with Gasteiger partial charge in [-0.15, -0.1) is 0 Å². The molecule has 0 radical (unpaired) electrons. The molecule has 1 heterocycles. The maximum atomic E-state index is 13.5. The second-order valence-corrected chi connectivity index (χ2v) is 10.5. The summed E-state index contributed by atoms with van der Waals surface area (Å²) in [4.78, 5) is 40.3. The minimum atomic E-state index is -5.08. The lowest BCUT2D eigenvalue weighted by Crippen LogP contribution is -2.52. The van der Waals surface area contributed by atoms with Crippen LogP contribution >= 0.6 is 0 Å². The number of carbonyl (C=O) groups is 3. The Morgan fingerprint density at radius 3 is 1.95 bits per heavy atom. The molecule has 0 aromatic heterocycles. The van der Waals surface area contributed by atoms with Crippen molar-refractivity contribution in [3.8, 4) is 0 Å². The van der Waals surface area contributed by atoms with Crippen LogP contribution in [0.25, 0.3) is 0 Å². The van der Waals surface area contributed by atoms with Crippen LogP contribution in [0.4, 0.5) is 31.1 Å². The molecule has 0 saturated heterocycles. The number of ether oxygens (including phenoxy) is 3. The summed E-state index contributed by atoms with van der Waals surface area (Å²) >= 11 is 0. The minimum absolute atomic E-state index is 0.00405. The highest BCUT2D eigenvalue weighted by Gasteiger charge is 2.54. The fraction of sp³-hybridized carbons (Fsp3) is 0.414. The predicted octanol–water partition coefficient (Wildman–Crippen LogP) is 6.96. The fourth-order valence-corrected chi connectivity index (χ4v) is 4.27. The number of nitrogens with zero attached hydrogens (tertiary/aromatic N) is 1. The van der Waals surface area contributed by atoms with E-state index in [1.54, 1.807) is 39.0 Å². The van der Waals surface area contributed by atoms with Crippen molar-refractivity contribution in [2.45, 2.75) is 64.2 Å². The molecule has 42 heavy (non-hydrogen) atoms. The summed E-state index contributed by atoms with van der Waals surface area (Å²) in [6.45, 7) is 6.59. The van der Waals surface area contributed by atoms with E-state index in [1.165, 1.54) is 26.0 Å². The van der Waals surface area contributed by atoms with Gasteiger partial charge in [0, 0.05) is 0 Å². The summed E-state index contributed by atoms with van der Waals surface area (Å²) in [5.41, 5.74) is -6.77. The zero-order valence-corrected chi connectivity index (χ0v) is 23.4. The minimum Gasteiger partial charge on any atom is -0.462 e. The molecule has 0 fully saturated rings. The van der Waals surface area contributed by atoms with Crippen LogP contribution in [0.2, 0.25) is 0 Å². The molecule has 1 aliphatic heterocycles. The van der Waals surface area contributed by atoms with Crippen LogP contribution < -0.4 is 0 Å². The normalized spacial score (nSPS) is 18.5. The van der Waals surface area contributed by atoms with Gasteiger partial charge in [0.05, 0.1) is 30.4 Å². The van der Waals surface area contributed by atoms with E-state index in [1.807, 2.05) is 0 Å². The Kier molecular flexibility index (Phi) is 9.16. The van der Waals surface area contributed by atoms with E-state index in [0.717, 1.165) is 6.08 Å². The van der Waals surface area contributed by atoms with Crippen molar-refractivity contribution in [2.75, 3.05) is 13.2 Å². The van der Waals surface area contributed by atoms with Crippen molar-refractivity contribution in [2.24, 2.45) is 0 Å². The monoisotopic (exact) mass is 601 g/mol. The summed E-state index contributed by atoms with van der Waals surface area (Å²) in [6, 6.07) is 8.83. The Morgan fingerprint density at radius 2 is 1.48 bits per heavy atom. The zero-order valence-electron chi connectivity index (χ0n) is 23.4. The molecule has 2 atom stereocenters. The first-order chi connectivity index (χ1) is 19.3. The summed E-state index contributed by atoms with van der Waals surface area (Å²) < 4.78 is 97.0. The molecule has 0 unspecified atom stereocenters. The highest BCUT2D eigenvalue weighted by atomic mass is 19.4. The van der Waals surface area contributed by atoms with Gasteiger partial charge >= 0.3 is 24.4 Å². The van der Waals surface area contributed by atoms with Crippen LogP contribution in [0.15, 0.2) is 60.2 Å². The van der Waals surface area contributed by atoms with Crippen LogP contribution in [0, 0.1) is 0 Å². The van der Waals surface area contributed by atoms with Crippen molar-refractivity contribution >= 4 is 18.0 Å². The standard InChI is InChI=1S/C29H29F6NO6/c1-6-40-24(38)22-15-27(19-10-8-7-9-11-19,36(23(22)37)25(39)42-26(3,4)5)16-41-17(2)18-12-20(28(30,31)32)14-21(13-18)29(33,34)35/h7-15,17H,6,16H2,1-5H3/t17-,27-/m1/s1. The Morgan fingerprint density at radius 1 is 0.929 bits per heavy atom. The molecule has 0 N–H and O–H groups in total. The van der Waals surface area contributed by atoms with E-state index in [4.69, 9.17) is 14.2 Å². The first-order valence-corrected chi connectivity index (χ1v) is 12.7. The van der Waals surface area contributed by atoms with E-state index in [-0.39, 0.29) is 18.2 Å².